The number of anilines is 3. The van der Waals surface area contributed by atoms with Crippen molar-refractivity contribution in [2.45, 2.75) is 26.7 Å². The highest BCUT2D eigenvalue weighted by Gasteiger charge is 2.02. The average Bonchev–Trinajstić information content (AvgIpc) is 2.39. The summed E-state index contributed by atoms with van der Waals surface area (Å²) in [5.41, 5.74) is 1.94. The van der Waals surface area contributed by atoms with Crippen molar-refractivity contribution < 1.29 is 0 Å². The Kier molecular flexibility index (Phi) is 4.72. The van der Waals surface area contributed by atoms with E-state index < -0.39 is 0 Å². The van der Waals surface area contributed by atoms with Crippen LogP contribution in [0.15, 0.2) is 36.4 Å². The summed E-state index contributed by atoms with van der Waals surface area (Å²) in [7, 11) is 0. The van der Waals surface area contributed by atoms with Gasteiger partial charge in [0, 0.05) is 24.0 Å². The third-order valence-electron chi connectivity index (χ3n) is 2.72. The van der Waals surface area contributed by atoms with Crippen LogP contribution in [0.2, 0.25) is 0 Å². The molecular weight excluding hydrogens is 236 g/mol. The van der Waals surface area contributed by atoms with Crippen molar-refractivity contribution in [3.8, 4) is 0 Å². The van der Waals surface area contributed by atoms with E-state index in [0.29, 0.717) is 5.95 Å². The van der Waals surface area contributed by atoms with Crippen molar-refractivity contribution in [2.75, 3.05) is 17.2 Å². The molecular formula is C15H20N4. The fraction of sp³-hybridized carbons (Fsp3) is 0.333. The Morgan fingerprint density at radius 2 is 1.89 bits per heavy atom. The van der Waals surface area contributed by atoms with Crippen LogP contribution in [0.4, 0.5) is 17.5 Å². The molecule has 0 bridgehead atoms. The minimum absolute atomic E-state index is 0.630. The number of nitrogens with one attached hydrogen (secondary N) is 2. The van der Waals surface area contributed by atoms with E-state index >= 15 is 0 Å². The molecule has 0 saturated heterocycles. The predicted molar refractivity (Wildman–Crippen MR) is 79.9 cm³/mol. The average molecular weight is 256 g/mol. The molecule has 0 spiro atoms. The van der Waals surface area contributed by atoms with E-state index in [1.165, 1.54) is 6.42 Å². The zero-order valence-corrected chi connectivity index (χ0v) is 11.5. The molecule has 0 saturated carbocycles. The molecule has 2 N–H and O–H groups in total. The first-order valence-electron chi connectivity index (χ1n) is 6.69. The molecule has 19 heavy (non-hydrogen) atoms. The minimum atomic E-state index is 0.630. The van der Waals surface area contributed by atoms with Gasteiger partial charge in [0.2, 0.25) is 5.95 Å². The molecule has 0 aliphatic rings. The van der Waals surface area contributed by atoms with Crippen molar-refractivity contribution in [1.82, 2.24) is 9.97 Å². The molecule has 0 aliphatic heterocycles. The Morgan fingerprint density at radius 3 is 2.63 bits per heavy atom. The zero-order chi connectivity index (χ0) is 13.5. The molecule has 1 heterocycles. The number of unbranched alkanes of at least 4 members (excludes halogenated alkanes) is 1. The van der Waals surface area contributed by atoms with Crippen molar-refractivity contribution in [2.24, 2.45) is 0 Å². The first-order chi connectivity index (χ1) is 9.28. The van der Waals surface area contributed by atoms with E-state index in [9.17, 15) is 0 Å². The summed E-state index contributed by atoms with van der Waals surface area (Å²) in [6.07, 6.45) is 2.32. The highest BCUT2D eigenvalue weighted by atomic mass is 15.1. The highest BCUT2D eigenvalue weighted by Crippen LogP contribution is 2.15. The number of benzene rings is 1. The number of rotatable bonds is 6. The fourth-order valence-electron chi connectivity index (χ4n) is 1.76. The summed E-state index contributed by atoms with van der Waals surface area (Å²) >= 11 is 0. The summed E-state index contributed by atoms with van der Waals surface area (Å²) < 4.78 is 0. The number of para-hydroxylation sites is 1. The van der Waals surface area contributed by atoms with E-state index in [4.69, 9.17) is 0 Å². The standard InChI is InChI=1S/C15H20N4/c1-3-4-10-16-14-11-12(2)17-15(19-14)18-13-8-6-5-7-9-13/h5-9,11H,3-4,10H2,1-2H3,(H2,16,17,18,19). The summed E-state index contributed by atoms with van der Waals surface area (Å²) in [6.45, 7) is 5.09. The van der Waals surface area contributed by atoms with Gasteiger partial charge in [-0.3, -0.25) is 0 Å². The molecule has 4 heteroatoms. The number of aromatic nitrogens is 2. The third-order valence-corrected chi connectivity index (χ3v) is 2.72. The van der Waals surface area contributed by atoms with Crippen LogP contribution in [-0.2, 0) is 0 Å². The lowest BCUT2D eigenvalue weighted by Gasteiger charge is -2.09. The van der Waals surface area contributed by atoms with Crippen molar-refractivity contribution in [1.29, 1.82) is 0 Å². The summed E-state index contributed by atoms with van der Waals surface area (Å²) in [4.78, 5) is 8.86. The number of nitrogens with zero attached hydrogens (tertiary/aromatic N) is 2. The van der Waals surface area contributed by atoms with Crippen LogP contribution in [0.1, 0.15) is 25.5 Å². The van der Waals surface area contributed by atoms with Crippen LogP contribution >= 0.6 is 0 Å². The molecule has 0 fully saturated rings. The van der Waals surface area contributed by atoms with E-state index in [0.717, 1.165) is 30.2 Å². The zero-order valence-electron chi connectivity index (χ0n) is 11.5. The highest BCUT2D eigenvalue weighted by molar-refractivity contribution is 5.54. The van der Waals surface area contributed by atoms with E-state index in [1.807, 2.05) is 43.3 Å². The second-order valence-electron chi connectivity index (χ2n) is 4.49. The summed E-state index contributed by atoms with van der Waals surface area (Å²) in [6, 6.07) is 11.9. The number of aryl methyl sites for hydroxylation is 1. The van der Waals surface area contributed by atoms with Crippen LogP contribution in [0, 0.1) is 6.92 Å². The lowest BCUT2D eigenvalue weighted by Crippen LogP contribution is -2.06. The van der Waals surface area contributed by atoms with Gasteiger partial charge in [0.1, 0.15) is 5.82 Å². The van der Waals surface area contributed by atoms with Crippen LogP contribution in [-0.4, -0.2) is 16.5 Å². The van der Waals surface area contributed by atoms with Crippen molar-refractivity contribution in [3.63, 3.8) is 0 Å². The van der Waals surface area contributed by atoms with Gasteiger partial charge in [-0.15, -0.1) is 0 Å². The Morgan fingerprint density at radius 1 is 1.11 bits per heavy atom. The number of hydrogen-bond donors (Lipinski definition) is 2. The van der Waals surface area contributed by atoms with E-state index in [2.05, 4.69) is 27.5 Å². The Labute approximate surface area is 114 Å². The lowest BCUT2D eigenvalue weighted by atomic mass is 10.3. The van der Waals surface area contributed by atoms with E-state index in [-0.39, 0.29) is 0 Å². The topological polar surface area (TPSA) is 49.8 Å². The Bertz CT molecular complexity index is 511. The fourth-order valence-corrected chi connectivity index (χ4v) is 1.76. The van der Waals surface area contributed by atoms with Gasteiger partial charge >= 0.3 is 0 Å². The maximum absolute atomic E-state index is 4.47. The molecule has 0 radical (unpaired) electrons. The maximum Gasteiger partial charge on any atom is 0.229 e. The second-order valence-corrected chi connectivity index (χ2v) is 4.49. The van der Waals surface area contributed by atoms with Gasteiger partial charge in [0.25, 0.3) is 0 Å². The monoisotopic (exact) mass is 256 g/mol. The summed E-state index contributed by atoms with van der Waals surface area (Å²) in [5, 5.41) is 6.53. The number of hydrogen-bond acceptors (Lipinski definition) is 4. The van der Waals surface area contributed by atoms with Crippen molar-refractivity contribution in [3.05, 3.63) is 42.1 Å². The van der Waals surface area contributed by atoms with E-state index in [1.54, 1.807) is 0 Å². The van der Waals surface area contributed by atoms with Gasteiger partial charge in [-0.2, -0.15) is 4.98 Å². The predicted octanol–water partition coefficient (Wildman–Crippen LogP) is 3.74. The smallest absolute Gasteiger partial charge is 0.229 e. The molecule has 0 aliphatic carbocycles. The van der Waals surface area contributed by atoms with Crippen LogP contribution in [0.3, 0.4) is 0 Å². The van der Waals surface area contributed by atoms with Gasteiger partial charge in [0.05, 0.1) is 0 Å². The molecule has 1 aromatic heterocycles. The molecule has 0 amide bonds. The van der Waals surface area contributed by atoms with Crippen molar-refractivity contribution >= 4 is 17.5 Å². The molecule has 0 unspecified atom stereocenters. The first kappa shape index (κ1) is 13.3. The Hall–Kier alpha value is -2.10. The van der Waals surface area contributed by atoms with Gasteiger partial charge in [-0.1, -0.05) is 31.5 Å². The SMILES string of the molecule is CCCCNc1cc(C)nc(Nc2ccccc2)n1. The van der Waals surface area contributed by atoms with Gasteiger partial charge in [-0.25, -0.2) is 4.98 Å². The molecule has 100 valence electrons. The van der Waals surface area contributed by atoms with Crippen LogP contribution in [0.5, 0.6) is 0 Å². The lowest BCUT2D eigenvalue weighted by molar-refractivity contribution is 0.830. The first-order valence-corrected chi connectivity index (χ1v) is 6.69. The quantitative estimate of drug-likeness (QED) is 0.773. The molecule has 2 aromatic rings. The minimum Gasteiger partial charge on any atom is -0.370 e. The van der Waals surface area contributed by atoms with Crippen LogP contribution < -0.4 is 10.6 Å². The Balaban J connectivity index is 2.08. The molecule has 0 atom stereocenters. The molecule has 1 aromatic carbocycles. The van der Waals surface area contributed by atoms with Gasteiger partial charge in [-0.05, 0) is 25.5 Å². The largest absolute Gasteiger partial charge is 0.370 e. The van der Waals surface area contributed by atoms with Gasteiger partial charge in [0.15, 0.2) is 0 Å². The van der Waals surface area contributed by atoms with Crippen LogP contribution in [0.25, 0.3) is 0 Å². The maximum atomic E-state index is 4.47. The second kappa shape index (κ2) is 6.73. The van der Waals surface area contributed by atoms with Gasteiger partial charge < -0.3 is 10.6 Å². The molecule has 4 nitrogen and oxygen atoms in total. The summed E-state index contributed by atoms with van der Waals surface area (Å²) in [5.74, 6) is 1.50. The third kappa shape index (κ3) is 4.25. The molecule has 2 rings (SSSR count). The normalized spacial score (nSPS) is 10.2.